The molecule has 0 atom stereocenters. The topological polar surface area (TPSA) is 46.6 Å². The van der Waals surface area contributed by atoms with Gasteiger partial charge in [0.15, 0.2) is 0 Å². The lowest BCUT2D eigenvalue weighted by Crippen LogP contribution is -2.36. The highest BCUT2D eigenvalue weighted by molar-refractivity contribution is 7.98. The Morgan fingerprint density at radius 2 is 2.33 bits per heavy atom. The second kappa shape index (κ2) is 7.66. The minimum atomic E-state index is -0.385. The molecule has 0 fully saturated rings. The van der Waals surface area contributed by atoms with Gasteiger partial charge >= 0.3 is 5.97 Å². The van der Waals surface area contributed by atoms with Gasteiger partial charge in [-0.05, 0) is 30.7 Å². The van der Waals surface area contributed by atoms with Crippen LogP contribution in [-0.4, -0.2) is 42.2 Å². The highest BCUT2D eigenvalue weighted by atomic mass is 32.2. The normalized spacial score (nSPS) is 13.4. The first-order valence-electron chi connectivity index (χ1n) is 6.90. The van der Waals surface area contributed by atoms with Crippen molar-refractivity contribution in [2.75, 3.05) is 25.4 Å². The number of aryl methyl sites for hydroxylation is 1. The highest BCUT2D eigenvalue weighted by Gasteiger charge is 2.23. The van der Waals surface area contributed by atoms with Crippen molar-refractivity contribution in [1.29, 1.82) is 0 Å². The van der Waals surface area contributed by atoms with E-state index in [4.69, 9.17) is 4.74 Å². The average molecular weight is 325 g/mol. The number of ether oxygens (including phenoxy) is 1. The molecule has 0 radical (unpaired) electrons. The van der Waals surface area contributed by atoms with Crippen molar-refractivity contribution in [2.45, 2.75) is 19.1 Å². The maximum absolute atomic E-state index is 12.6. The second-order valence-corrected chi connectivity index (χ2v) is 6.88. The van der Waals surface area contributed by atoms with Gasteiger partial charge in [0.25, 0.3) is 5.91 Å². The van der Waals surface area contributed by atoms with Crippen LogP contribution in [0, 0.1) is 0 Å². The number of esters is 1. The number of thiophene rings is 1. The van der Waals surface area contributed by atoms with E-state index >= 15 is 0 Å². The molecule has 114 valence electrons. The summed E-state index contributed by atoms with van der Waals surface area (Å²) in [5.41, 5.74) is 1.26. The van der Waals surface area contributed by atoms with Crippen LogP contribution in [-0.2, 0) is 21.7 Å². The zero-order valence-corrected chi connectivity index (χ0v) is 13.7. The molecular weight excluding hydrogens is 306 g/mol. The number of hydrogen-bond acceptors (Lipinski definition) is 5. The van der Waals surface area contributed by atoms with Crippen molar-refractivity contribution in [3.8, 4) is 0 Å². The Hall–Kier alpha value is -1.27. The average Bonchev–Trinajstić information content (AvgIpc) is 2.90. The fourth-order valence-electron chi connectivity index (χ4n) is 2.15. The molecule has 1 amide bonds. The molecule has 0 spiro atoms. The van der Waals surface area contributed by atoms with Crippen molar-refractivity contribution in [3.63, 3.8) is 0 Å². The second-order valence-electron chi connectivity index (χ2n) is 4.64. The summed E-state index contributed by atoms with van der Waals surface area (Å²) in [6.45, 7) is 6.03. The van der Waals surface area contributed by atoms with Crippen LogP contribution in [0.15, 0.2) is 18.7 Å². The van der Waals surface area contributed by atoms with E-state index in [2.05, 4.69) is 6.58 Å². The Bertz CT molecular complexity index is 516. The van der Waals surface area contributed by atoms with Gasteiger partial charge in [0.1, 0.15) is 6.54 Å². The molecule has 0 saturated heterocycles. The quantitative estimate of drug-likeness (QED) is 0.596. The van der Waals surface area contributed by atoms with Crippen LogP contribution in [0.3, 0.4) is 0 Å². The molecule has 2 heterocycles. The molecule has 6 heteroatoms. The van der Waals surface area contributed by atoms with E-state index in [0.717, 1.165) is 17.9 Å². The molecule has 0 bridgehead atoms. The molecule has 1 aliphatic rings. The predicted molar refractivity (Wildman–Crippen MR) is 86.9 cm³/mol. The number of amides is 1. The minimum Gasteiger partial charge on any atom is -0.465 e. The maximum Gasteiger partial charge on any atom is 0.325 e. The predicted octanol–water partition coefficient (Wildman–Crippen LogP) is 2.73. The first-order valence-corrected chi connectivity index (χ1v) is 8.88. The zero-order chi connectivity index (χ0) is 15.2. The zero-order valence-electron chi connectivity index (χ0n) is 12.1. The summed E-state index contributed by atoms with van der Waals surface area (Å²) in [5, 5.41) is 0. The number of hydrogen-bond donors (Lipinski definition) is 0. The van der Waals surface area contributed by atoms with Gasteiger partial charge in [-0.25, -0.2) is 0 Å². The number of nitrogens with zero attached hydrogens (tertiary/aromatic N) is 1. The molecule has 0 N–H and O–H groups in total. The van der Waals surface area contributed by atoms with Crippen molar-refractivity contribution >= 4 is 35.0 Å². The standard InChI is InChI=1S/C15H19NO3S2/c1-3-6-16(9-14(17)19-4-2)15(18)13-8-11-10-20-7-5-12(11)21-13/h3,8H,1,4-7,9-10H2,2H3. The van der Waals surface area contributed by atoms with Gasteiger partial charge in [-0.2, -0.15) is 11.8 Å². The number of carbonyl (C=O) groups excluding carboxylic acids is 2. The van der Waals surface area contributed by atoms with E-state index in [1.807, 2.05) is 17.8 Å². The van der Waals surface area contributed by atoms with Crippen LogP contribution in [0.5, 0.6) is 0 Å². The van der Waals surface area contributed by atoms with Crippen LogP contribution < -0.4 is 0 Å². The van der Waals surface area contributed by atoms with Crippen LogP contribution in [0.25, 0.3) is 0 Å². The van der Waals surface area contributed by atoms with Crippen LogP contribution in [0.4, 0.5) is 0 Å². The number of carbonyl (C=O) groups is 2. The third-order valence-electron chi connectivity index (χ3n) is 3.10. The SMILES string of the molecule is C=CCN(CC(=O)OCC)C(=O)c1cc2c(s1)CCSC2. The Morgan fingerprint density at radius 1 is 1.52 bits per heavy atom. The third kappa shape index (κ3) is 4.11. The van der Waals surface area contributed by atoms with Gasteiger partial charge in [0.05, 0.1) is 11.5 Å². The molecule has 1 aromatic rings. The van der Waals surface area contributed by atoms with Crippen LogP contribution >= 0.6 is 23.1 Å². The van der Waals surface area contributed by atoms with E-state index in [0.29, 0.717) is 18.0 Å². The fourth-order valence-corrected chi connectivity index (χ4v) is 4.49. The molecule has 1 aromatic heterocycles. The van der Waals surface area contributed by atoms with Crippen molar-refractivity contribution in [2.24, 2.45) is 0 Å². The lowest BCUT2D eigenvalue weighted by atomic mass is 10.2. The van der Waals surface area contributed by atoms with Crippen molar-refractivity contribution < 1.29 is 14.3 Å². The Balaban J connectivity index is 2.11. The molecule has 0 aliphatic carbocycles. The van der Waals surface area contributed by atoms with Gasteiger partial charge in [-0.3, -0.25) is 9.59 Å². The van der Waals surface area contributed by atoms with Gasteiger partial charge in [-0.15, -0.1) is 17.9 Å². The highest BCUT2D eigenvalue weighted by Crippen LogP contribution is 2.32. The first-order chi connectivity index (χ1) is 10.2. The van der Waals surface area contributed by atoms with Crippen molar-refractivity contribution in [1.82, 2.24) is 4.90 Å². The Labute approximate surface area is 133 Å². The molecular formula is C15H19NO3S2. The first kappa shape index (κ1) is 16.1. The van der Waals surface area contributed by atoms with E-state index in [1.165, 1.54) is 15.3 Å². The van der Waals surface area contributed by atoms with Gasteiger partial charge in [0.2, 0.25) is 0 Å². The largest absolute Gasteiger partial charge is 0.465 e. The maximum atomic E-state index is 12.6. The summed E-state index contributed by atoms with van der Waals surface area (Å²) in [6.07, 6.45) is 2.65. The van der Waals surface area contributed by atoms with Gasteiger partial charge in [-0.1, -0.05) is 6.08 Å². The smallest absolute Gasteiger partial charge is 0.325 e. The molecule has 21 heavy (non-hydrogen) atoms. The Kier molecular flexibility index (Phi) is 5.87. The molecule has 4 nitrogen and oxygen atoms in total. The minimum absolute atomic E-state index is 0.0317. The summed E-state index contributed by atoms with van der Waals surface area (Å²) in [4.78, 5) is 27.7. The van der Waals surface area contributed by atoms with Gasteiger partial charge < -0.3 is 9.64 Å². The third-order valence-corrected chi connectivity index (χ3v) is 5.33. The number of rotatable bonds is 6. The van der Waals surface area contributed by atoms with E-state index < -0.39 is 0 Å². The summed E-state index contributed by atoms with van der Waals surface area (Å²) in [7, 11) is 0. The number of thioether (sulfide) groups is 1. The molecule has 0 aromatic carbocycles. The van der Waals surface area contributed by atoms with E-state index in [9.17, 15) is 9.59 Å². The number of fused-ring (bicyclic) bond motifs is 1. The summed E-state index contributed by atoms with van der Waals surface area (Å²) in [6, 6.07) is 1.97. The van der Waals surface area contributed by atoms with Crippen LogP contribution in [0.2, 0.25) is 0 Å². The van der Waals surface area contributed by atoms with Gasteiger partial charge in [0, 0.05) is 17.2 Å². The van der Waals surface area contributed by atoms with Crippen molar-refractivity contribution in [3.05, 3.63) is 34.0 Å². The molecule has 0 saturated carbocycles. The monoisotopic (exact) mass is 325 g/mol. The van der Waals surface area contributed by atoms with E-state index in [-0.39, 0.29) is 18.4 Å². The molecule has 0 unspecified atom stereocenters. The summed E-state index contributed by atoms with van der Waals surface area (Å²) in [5.74, 6) is 1.58. The molecule has 1 aliphatic heterocycles. The summed E-state index contributed by atoms with van der Waals surface area (Å²) < 4.78 is 4.92. The fraction of sp³-hybridized carbons (Fsp3) is 0.467. The lowest BCUT2D eigenvalue weighted by molar-refractivity contribution is -0.143. The van der Waals surface area contributed by atoms with E-state index in [1.54, 1.807) is 24.3 Å². The summed E-state index contributed by atoms with van der Waals surface area (Å²) >= 11 is 3.44. The van der Waals surface area contributed by atoms with Crippen LogP contribution in [0.1, 0.15) is 27.0 Å². The Morgan fingerprint density at radius 3 is 3.00 bits per heavy atom. The molecule has 2 rings (SSSR count). The lowest BCUT2D eigenvalue weighted by Gasteiger charge is -2.19.